The highest BCUT2D eigenvalue weighted by Crippen LogP contribution is 2.22. The maximum Gasteiger partial charge on any atom is 0.196 e. The van der Waals surface area contributed by atoms with Gasteiger partial charge in [0.2, 0.25) is 0 Å². The Hall–Kier alpha value is -0.120. The largest absolute Gasteiger partial charge is 0.317 e. The lowest BCUT2D eigenvalue weighted by molar-refractivity contribution is -0.302. The van der Waals surface area contributed by atoms with Gasteiger partial charge in [-0.3, -0.25) is 0 Å². The Balaban J connectivity index is 2.23. The van der Waals surface area contributed by atoms with E-state index in [2.05, 4.69) is 6.92 Å². The van der Waals surface area contributed by atoms with Crippen LogP contribution in [0.15, 0.2) is 0 Å². The predicted molar refractivity (Wildman–Crippen MR) is 40.6 cm³/mol. The molecule has 66 valence electrons. The summed E-state index contributed by atoms with van der Waals surface area (Å²) in [6, 6.07) is 0. The molecule has 2 atom stereocenters. The molecule has 0 aromatic carbocycles. The molecule has 0 aromatic rings. The highest BCUT2D eigenvalue weighted by atomic mass is 17.3. The fourth-order valence-corrected chi connectivity index (χ4v) is 0.932. The predicted octanol–water partition coefficient (Wildman–Crippen LogP) is 2.07. The molecule has 0 spiro atoms. The fraction of sp³-hybridized carbons (Fsp3) is 1.00. The number of hydrogen-bond acceptors (Lipinski definition) is 3. The van der Waals surface area contributed by atoms with Gasteiger partial charge < -0.3 is 4.74 Å². The lowest BCUT2D eigenvalue weighted by Crippen LogP contribution is -2.17. The second kappa shape index (κ2) is 4.04. The van der Waals surface area contributed by atoms with Crippen molar-refractivity contribution in [2.45, 2.75) is 46.2 Å². The standard InChI is InChI=1S/C8H16O3/c1-4-5-7-9-8(6(2)3)11-10-7/h6-8H,4-5H2,1-3H3/t7-,8-/m0/s1. The van der Waals surface area contributed by atoms with Crippen LogP contribution in [0.2, 0.25) is 0 Å². The maximum atomic E-state index is 5.42. The normalized spacial score (nSPS) is 31.6. The summed E-state index contributed by atoms with van der Waals surface area (Å²) in [6.07, 6.45) is 1.64. The third-order valence-electron chi connectivity index (χ3n) is 1.61. The third-order valence-corrected chi connectivity index (χ3v) is 1.61. The molecular weight excluding hydrogens is 144 g/mol. The molecule has 1 saturated heterocycles. The SMILES string of the molecule is CCC[C@@H]1OO[C@@H](C(C)C)O1. The molecule has 0 bridgehead atoms. The minimum absolute atomic E-state index is 0.146. The van der Waals surface area contributed by atoms with Crippen molar-refractivity contribution in [3.05, 3.63) is 0 Å². The lowest BCUT2D eigenvalue weighted by Gasteiger charge is -2.09. The Morgan fingerprint density at radius 1 is 1.27 bits per heavy atom. The van der Waals surface area contributed by atoms with E-state index in [1.165, 1.54) is 0 Å². The van der Waals surface area contributed by atoms with Crippen LogP contribution in [-0.2, 0) is 14.5 Å². The summed E-state index contributed by atoms with van der Waals surface area (Å²) in [4.78, 5) is 9.90. The lowest BCUT2D eigenvalue weighted by atomic mass is 10.2. The molecule has 0 N–H and O–H groups in total. The molecule has 1 heterocycles. The smallest absolute Gasteiger partial charge is 0.196 e. The average Bonchev–Trinajstić information content (AvgIpc) is 2.37. The van der Waals surface area contributed by atoms with Crippen LogP contribution in [0.25, 0.3) is 0 Å². The summed E-state index contributed by atoms with van der Waals surface area (Å²) in [6.45, 7) is 6.18. The van der Waals surface area contributed by atoms with Gasteiger partial charge in [0.15, 0.2) is 12.6 Å². The van der Waals surface area contributed by atoms with E-state index in [0.717, 1.165) is 12.8 Å². The van der Waals surface area contributed by atoms with Gasteiger partial charge in [-0.1, -0.05) is 27.2 Å². The van der Waals surface area contributed by atoms with Crippen LogP contribution in [0.4, 0.5) is 0 Å². The summed E-state index contributed by atoms with van der Waals surface area (Å²) in [5, 5.41) is 0. The zero-order valence-corrected chi connectivity index (χ0v) is 7.37. The van der Waals surface area contributed by atoms with Crippen molar-refractivity contribution in [3.8, 4) is 0 Å². The monoisotopic (exact) mass is 160 g/mol. The van der Waals surface area contributed by atoms with Crippen LogP contribution in [0.3, 0.4) is 0 Å². The first-order chi connectivity index (χ1) is 5.24. The zero-order valence-electron chi connectivity index (χ0n) is 7.37. The number of ether oxygens (including phenoxy) is 1. The van der Waals surface area contributed by atoms with Crippen LogP contribution < -0.4 is 0 Å². The van der Waals surface area contributed by atoms with Gasteiger partial charge in [0.05, 0.1) is 0 Å². The topological polar surface area (TPSA) is 27.7 Å². The van der Waals surface area contributed by atoms with E-state index in [9.17, 15) is 0 Å². The molecule has 1 fully saturated rings. The first-order valence-corrected chi connectivity index (χ1v) is 4.21. The van der Waals surface area contributed by atoms with Crippen molar-refractivity contribution in [1.82, 2.24) is 0 Å². The van der Waals surface area contributed by atoms with Gasteiger partial charge in [-0.25, -0.2) is 9.78 Å². The van der Waals surface area contributed by atoms with Crippen molar-refractivity contribution in [1.29, 1.82) is 0 Å². The Kier molecular flexibility index (Phi) is 3.30. The quantitative estimate of drug-likeness (QED) is 0.591. The summed E-state index contributed by atoms with van der Waals surface area (Å²) < 4.78 is 5.42. The van der Waals surface area contributed by atoms with Gasteiger partial charge in [-0.2, -0.15) is 0 Å². The zero-order chi connectivity index (χ0) is 8.27. The van der Waals surface area contributed by atoms with Crippen molar-refractivity contribution in [2.24, 2.45) is 5.92 Å². The maximum absolute atomic E-state index is 5.42. The van der Waals surface area contributed by atoms with Crippen molar-refractivity contribution >= 4 is 0 Å². The Labute approximate surface area is 67.6 Å². The summed E-state index contributed by atoms with van der Waals surface area (Å²) in [7, 11) is 0. The summed E-state index contributed by atoms with van der Waals surface area (Å²) in [5.41, 5.74) is 0. The number of rotatable bonds is 3. The Morgan fingerprint density at radius 2 is 2.00 bits per heavy atom. The van der Waals surface area contributed by atoms with E-state index in [1.807, 2.05) is 13.8 Å². The Morgan fingerprint density at radius 3 is 2.45 bits per heavy atom. The summed E-state index contributed by atoms with van der Waals surface area (Å²) in [5.74, 6) is 0.358. The minimum atomic E-state index is -0.174. The molecule has 0 amide bonds. The first-order valence-electron chi connectivity index (χ1n) is 4.21. The van der Waals surface area contributed by atoms with Crippen LogP contribution in [-0.4, -0.2) is 12.6 Å². The molecule has 0 aromatic heterocycles. The van der Waals surface area contributed by atoms with Gasteiger partial charge in [-0.05, 0) is 0 Å². The van der Waals surface area contributed by atoms with E-state index in [1.54, 1.807) is 0 Å². The van der Waals surface area contributed by atoms with Crippen molar-refractivity contribution in [3.63, 3.8) is 0 Å². The molecule has 0 radical (unpaired) electrons. The van der Waals surface area contributed by atoms with E-state index in [0.29, 0.717) is 5.92 Å². The van der Waals surface area contributed by atoms with Crippen molar-refractivity contribution < 1.29 is 14.5 Å². The molecule has 3 heteroatoms. The van der Waals surface area contributed by atoms with Crippen LogP contribution in [0, 0.1) is 5.92 Å². The molecule has 1 rings (SSSR count). The second-order valence-electron chi connectivity index (χ2n) is 3.16. The number of hydrogen-bond donors (Lipinski definition) is 0. The second-order valence-corrected chi connectivity index (χ2v) is 3.16. The van der Waals surface area contributed by atoms with E-state index in [-0.39, 0.29) is 12.6 Å². The molecule has 0 unspecified atom stereocenters. The van der Waals surface area contributed by atoms with Gasteiger partial charge in [0, 0.05) is 12.3 Å². The highest BCUT2D eigenvalue weighted by molar-refractivity contribution is 4.54. The van der Waals surface area contributed by atoms with Gasteiger partial charge >= 0.3 is 0 Å². The highest BCUT2D eigenvalue weighted by Gasteiger charge is 2.29. The van der Waals surface area contributed by atoms with Gasteiger partial charge in [0.25, 0.3) is 0 Å². The van der Waals surface area contributed by atoms with E-state index >= 15 is 0 Å². The van der Waals surface area contributed by atoms with Gasteiger partial charge in [-0.15, -0.1) is 0 Å². The van der Waals surface area contributed by atoms with Crippen LogP contribution >= 0.6 is 0 Å². The molecule has 1 aliphatic rings. The average molecular weight is 160 g/mol. The van der Waals surface area contributed by atoms with Gasteiger partial charge in [0.1, 0.15) is 0 Å². The Bertz CT molecular complexity index is 114. The molecule has 1 aliphatic heterocycles. The molecule has 3 nitrogen and oxygen atoms in total. The molecule has 0 saturated carbocycles. The van der Waals surface area contributed by atoms with Crippen LogP contribution in [0.1, 0.15) is 33.6 Å². The third kappa shape index (κ3) is 2.43. The van der Waals surface area contributed by atoms with E-state index < -0.39 is 0 Å². The minimum Gasteiger partial charge on any atom is -0.317 e. The fourth-order valence-electron chi connectivity index (χ4n) is 0.932. The molecule has 11 heavy (non-hydrogen) atoms. The molecule has 0 aliphatic carbocycles. The van der Waals surface area contributed by atoms with E-state index in [4.69, 9.17) is 14.5 Å². The first kappa shape index (κ1) is 8.97. The molecular formula is C8H16O3. The summed E-state index contributed by atoms with van der Waals surface area (Å²) >= 11 is 0. The van der Waals surface area contributed by atoms with Crippen LogP contribution in [0.5, 0.6) is 0 Å². The van der Waals surface area contributed by atoms with Crippen molar-refractivity contribution in [2.75, 3.05) is 0 Å².